The third-order valence-electron chi connectivity index (χ3n) is 11.1. The minimum Gasteiger partial charge on any atom is -0.453 e. The highest BCUT2D eigenvalue weighted by Crippen LogP contribution is 2.34. The Labute approximate surface area is 322 Å². The number of H-pyrrole nitrogens is 1. The number of amides is 4. The van der Waals surface area contributed by atoms with E-state index < -0.39 is 30.4 Å². The van der Waals surface area contributed by atoms with Gasteiger partial charge in [0, 0.05) is 25.9 Å². The van der Waals surface area contributed by atoms with Gasteiger partial charge in [0.1, 0.15) is 17.9 Å². The highest BCUT2D eigenvalue weighted by Gasteiger charge is 2.41. The fourth-order valence-corrected chi connectivity index (χ4v) is 7.91. The molecule has 0 spiro atoms. The molecule has 4 amide bonds. The fraction of sp³-hybridized carbons (Fsp3) is 0.488. The highest BCUT2D eigenvalue weighted by atomic mass is 16.5. The van der Waals surface area contributed by atoms with Crippen molar-refractivity contribution in [1.29, 1.82) is 0 Å². The van der Waals surface area contributed by atoms with Gasteiger partial charge in [-0.15, -0.1) is 0 Å². The van der Waals surface area contributed by atoms with Crippen molar-refractivity contribution in [3.05, 3.63) is 72.2 Å². The highest BCUT2D eigenvalue weighted by molar-refractivity contribution is 5.87. The maximum absolute atomic E-state index is 13.6. The molecule has 1 aromatic heterocycles. The molecule has 6 rings (SSSR count). The minimum absolute atomic E-state index is 0.0395. The molecule has 4 heterocycles. The second-order valence-corrected chi connectivity index (χ2v) is 14.8. The molecule has 2 fully saturated rings. The molecule has 55 heavy (non-hydrogen) atoms. The molecule has 1 unspecified atom stereocenters. The number of carbonyl (C=O) groups excluding carboxylic acids is 4. The van der Waals surface area contributed by atoms with E-state index in [-0.39, 0.29) is 35.9 Å². The average Bonchev–Trinajstić information content (AvgIpc) is 4.05. The van der Waals surface area contributed by atoms with E-state index in [9.17, 15) is 19.2 Å². The molecule has 4 N–H and O–H groups in total. The van der Waals surface area contributed by atoms with E-state index in [1.807, 2.05) is 18.7 Å². The van der Waals surface area contributed by atoms with Crippen LogP contribution in [0.2, 0.25) is 0 Å². The van der Waals surface area contributed by atoms with Crippen molar-refractivity contribution in [2.24, 2.45) is 5.92 Å². The molecule has 6 atom stereocenters. The van der Waals surface area contributed by atoms with Crippen LogP contribution in [0, 0.1) is 5.92 Å². The Kier molecular flexibility index (Phi) is 12.4. The van der Waals surface area contributed by atoms with Crippen molar-refractivity contribution in [2.45, 2.75) is 89.2 Å². The molecule has 0 radical (unpaired) electrons. The fourth-order valence-electron chi connectivity index (χ4n) is 7.91. The second kappa shape index (κ2) is 17.4. The van der Waals surface area contributed by atoms with Crippen molar-refractivity contribution < 1.29 is 33.4 Å². The molecule has 14 heteroatoms. The van der Waals surface area contributed by atoms with E-state index in [1.54, 1.807) is 18.0 Å². The van der Waals surface area contributed by atoms with E-state index in [4.69, 9.17) is 14.2 Å². The number of hydrogen-bond donors (Lipinski definition) is 4. The van der Waals surface area contributed by atoms with Crippen molar-refractivity contribution in [2.75, 3.05) is 34.4 Å². The van der Waals surface area contributed by atoms with Gasteiger partial charge in [0.15, 0.2) is 0 Å². The summed E-state index contributed by atoms with van der Waals surface area (Å²) in [5, 5.41) is 9.04. The van der Waals surface area contributed by atoms with Crippen molar-refractivity contribution in [3.8, 4) is 22.4 Å². The van der Waals surface area contributed by atoms with Crippen molar-refractivity contribution in [3.63, 3.8) is 0 Å². The lowest BCUT2D eigenvalue weighted by Crippen LogP contribution is -2.55. The Morgan fingerprint density at radius 1 is 0.764 bits per heavy atom. The number of methoxy groups -OCH3 is 3. The van der Waals surface area contributed by atoms with Gasteiger partial charge in [0.2, 0.25) is 11.8 Å². The Hall–Kier alpha value is -5.37. The molecule has 3 aliphatic heterocycles. The molecule has 0 aliphatic carbocycles. The smallest absolute Gasteiger partial charge is 0.407 e. The number of benzene rings is 2. The summed E-state index contributed by atoms with van der Waals surface area (Å²) in [5.74, 6) is 0.323. The van der Waals surface area contributed by atoms with Gasteiger partial charge in [-0.1, -0.05) is 68.5 Å². The zero-order valence-electron chi connectivity index (χ0n) is 32.5. The average molecular weight is 756 g/mol. The molecule has 2 aromatic carbocycles. The summed E-state index contributed by atoms with van der Waals surface area (Å²) in [6.07, 6.45) is 6.38. The lowest BCUT2D eigenvalue weighted by atomic mass is 10.00. The number of nitrogens with one attached hydrogen (secondary N) is 4. The molecule has 14 nitrogen and oxygen atoms in total. The van der Waals surface area contributed by atoms with Crippen LogP contribution in [0.4, 0.5) is 9.59 Å². The number of rotatable bonds is 12. The maximum Gasteiger partial charge on any atom is 0.407 e. The van der Waals surface area contributed by atoms with Crippen LogP contribution in [0.1, 0.15) is 70.3 Å². The van der Waals surface area contributed by atoms with Crippen LogP contribution >= 0.6 is 0 Å². The number of ether oxygens (including phenoxy) is 3. The zero-order valence-corrected chi connectivity index (χ0v) is 32.5. The monoisotopic (exact) mass is 755 g/mol. The summed E-state index contributed by atoms with van der Waals surface area (Å²) in [7, 11) is 4.07. The topological polar surface area (TPSA) is 167 Å². The van der Waals surface area contributed by atoms with E-state index >= 15 is 0 Å². The predicted molar refractivity (Wildman–Crippen MR) is 207 cm³/mol. The molecule has 0 saturated carbocycles. The van der Waals surface area contributed by atoms with Crippen LogP contribution in [-0.2, 0) is 23.8 Å². The zero-order chi connectivity index (χ0) is 39.2. The number of nitrogens with zero attached hydrogens (tertiary/aromatic N) is 3. The third kappa shape index (κ3) is 8.64. The molecule has 3 aromatic rings. The van der Waals surface area contributed by atoms with E-state index in [0.717, 1.165) is 65.7 Å². The van der Waals surface area contributed by atoms with E-state index in [0.29, 0.717) is 18.9 Å². The lowest BCUT2D eigenvalue weighted by Gasteiger charge is -2.34. The van der Waals surface area contributed by atoms with E-state index in [1.165, 1.54) is 21.3 Å². The van der Waals surface area contributed by atoms with Gasteiger partial charge in [-0.2, -0.15) is 0 Å². The van der Waals surface area contributed by atoms with Gasteiger partial charge >= 0.3 is 12.2 Å². The van der Waals surface area contributed by atoms with Gasteiger partial charge in [-0.25, -0.2) is 14.6 Å². The first-order chi connectivity index (χ1) is 26.5. The first-order valence-electron chi connectivity index (χ1n) is 19.1. The first kappa shape index (κ1) is 39.3. The second-order valence-electron chi connectivity index (χ2n) is 14.8. The summed E-state index contributed by atoms with van der Waals surface area (Å²) in [6, 6.07) is 15.1. The standard InChI is InChI=1S/C41H53N7O7/c1-24(2)35(45-40(51)54-5)38(49)47-21-7-9-33(47)31-20-19-30(43-31)28-15-11-26(12-16-28)27-13-17-29(18-14-27)32-23-42-37(44-32)34-10-8-22-48(34)39(50)36(25(3)53-4)46-41(52)55-6/h11-19,23-25,31,33-36,43H,7-10,20-22H2,1-6H3,(H,42,44)(H,45,51)(H,46,52)/t25-,31?,33-,34+,35+,36+/m1/s1. The van der Waals surface area contributed by atoms with Crippen LogP contribution in [-0.4, -0.2) is 108 Å². The Bertz CT molecular complexity index is 1860. The van der Waals surface area contributed by atoms with Gasteiger partial charge in [-0.3, -0.25) is 9.59 Å². The number of carbonyl (C=O) groups is 4. The number of aromatic amines is 1. The number of likely N-dealkylation sites (tertiary alicyclic amines) is 2. The van der Waals surface area contributed by atoms with Gasteiger partial charge in [0.25, 0.3) is 0 Å². The Balaban J connectivity index is 1.07. The minimum atomic E-state index is -0.890. The molecule has 294 valence electrons. The van der Waals surface area contributed by atoms with Crippen LogP contribution in [0.3, 0.4) is 0 Å². The summed E-state index contributed by atoms with van der Waals surface area (Å²) >= 11 is 0. The Morgan fingerprint density at radius 3 is 1.95 bits per heavy atom. The van der Waals surface area contributed by atoms with Crippen LogP contribution in [0.25, 0.3) is 28.1 Å². The molecule has 0 bridgehead atoms. The predicted octanol–water partition coefficient (Wildman–Crippen LogP) is 5.24. The third-order valence-corrected chi connectivity index (χ3v) is 11.1. The van der Waals surface area contributed by atoms with Crippen molar-refractivity contribution in [1.82, 2.24) is 35.7 Å². The SMILES string of the molecule is COC(=O)N[C@H](C(=O)N1CCC[C@@H]1C1CC=C(c2ccc(-c3ccc(-c4cnc([C@@H]5CCCN5C(=O)[C@@H](NC(=O)OC)[C@@H](C)OC)[nH]4)cc3)cc2)N1)C(C)C. The summed E-state index contributed by atoms with van der Waals surface area (Å²) < 4.78 is 14.9. The number of imidazole rings is 1. The normalized spacial score (nSPS) is 21.1. The summed E-state index contributed by atoms with van der Waals surface area (Å²) in [4.78, 5) is 62.9. The number of alkyl carbamates (subject to hydrolysis) is 2. The first-order valence-corrected chi connectivity index (χ1v) is 19.1. The van der Waals surface area contributed by atoms with Crippen LogP contribution in [0.15, 0.2) is 60.8 Å². The molecular formula is C41H53N7O7. The molecule has 3 aliphatic rings. The van der Waals surface area contributed by atoms with E-state index in [2.05, 4.69) is 80.5 Å². The largest absolute Gasteiger partial charge is 0.453 e. The van der Waals surface area contributed by atoms with Crippen molar-refractivity contribution >= 4 is 29.7 Å². The summed E-state index contributed by atoms with van der Waals surface area (Å²) in [5.41, 5.74) is 6.12. The van der Waals surface area contributed by atoms with Gasteiger partial charge in [0.05, 0.1) is 50.3 Å². The Morgan fingerprint density at radius 2 is 1.33 bits per heavy atom. The van der Waals surface area contributed by atoms with Gasteiger partial charge in [-0.05, 0) is 67.2 Å². The number of hydrogen-bond acceptors (Lipinski definition) is 9. The quantitative estimate of drug-likeness (QED) is 0.193. The lowest BCUT2D eigenvalue weighted by molar-refractivity contribution is -0.137. The van der Waals surface area contributed by atoms with Crippen LogP contribution < -0.4 is 16.0 Å². The summed E-state index contributed by atoms with van der Waals surface area (Å²) in [6.45, 7) is 6.81. The van der Waals surface area contributed by atoms with Gasteiger partial charge < -0.3 is 44.9 Å². The maximum atomic E-state index is 13.6. The molecular weight excluding hydrogens is 702 g/mol. The number of aromatic nitrogens is 2. The van der Waals surface area contributed by atoms with Crippen LogP contribution in [0.5, 0.6) is 0 Å². The molecule has 2 saturated heterocycles.